The highest BCUT2D eigenvalue weighted by Gasteiger charge is 2.24. The van der Waals surface area contributed by atoms with Gasteiger partial charge in [0, 0.05) is 37.6 Å². The molecule has 1 unspecified atom stereocenters. The average Bonchev–Trinajstić information content (AvgIpc) is 3.25. The van der Waals surface area contributed by atoms with Crippen molar-refractivity contribution in [3.05, 3.63) is 102 Å². The highest BCUT2D eigenvalue weighted by molar-refractivity contribution is 5.94. The fourth-order valence-electron chi connectivity index (χ4n) is 3.64. The van der Waals surface area contributed by atoms with Crippen LogP contribution in [0.5, 0.6) is 0 Å². The largest absolute Gasteiger partial charge is 0.353 e. The molecule has 0 saturated heterocycles. The minimum Gasteiger partial charge on any atom is -0.353 e. The van der Waals surface area contributed by atoms with E-state index in [0.717, 1.165) is 23.2 Å². The lowest BCUT2D eigenvalue weighted by molar-refractivity contribution is -0.140. The molecule has 5 heteroatoms. The lowest BCUT2D eigenvalue weighted by Crippen LogP contribution is -2.45. The van der Waals surface area contributed by atoms with Crippen molar-refractivity contribution in [3.8, 4) is 0 Å². The predicted octanol–water partition coefficient (Wildman–Crippen LogP) is 4.89. The Kier molecular flexibility index (Phi) is 8.64. The standard InChI is InChI=1S/C28H33N3O2/c1-4-23(2)31(27(32)18-17-24-12-7-5-8-13-24)22-28(33)30(20-25-14-9-6-10-15-25)21-26-16-11-19-29(26)3/h5-19,23H,4,20-22H2,1-3H3/b18-17+. The second kappa shape index (κ2) is 11.9. The maximum Gasteiger partial charge on any atom is 0.247 e. The Hall–Kier alpha value is -3.60. The number of hydrogen-bond donors (Lipinski definition) is 0. The van der Waals surface area contributed by atoms with Crippen LogP contribution in [0.1, 0.15) is 37.1 Å². The third kappa shape index (κ3) is 6.94. The zero-order valence-electron chi connectivity index (χ0n) is 19.7. The first kappa shape index (κ1) is 24.1. The van der Waals surface area contributed by atoms with E-state index < -0.39 is 0 Å². The number of amides is 2. The molecule has 0 radical (unpaired) electrons. The monoisotopic (exact) mass is 443 g/mol. The van der Waals surface area contributed by atoms with Gasteiger partial charge in [-0.1, -0.05) is 67.6 Å². The normalized spacial score (nSPS) is 12.0. The number of aromatic nitrogens is 1. The van der Waals surface area contributed by atoms with Crippen LogP contribution >= 0.6 is 0 Å². The zero-order valence-corrected chi connectivity index (χ0v) is 19.7. The number of carbonyl (C=O) groups is 2. The molecule has 0 N–H and O–H groups in total. The minimum atomic E-state index is -0.153. The first-order valence-corrected chi connectivity index (χ1v) is 11.4. The van der Waals surface area contributed by atoms with Gasteiger partial charge in [0.05, 0.1) is 6.54 Å². The summed E-state index contributed by atoms with van der Waals surface area (Å²) in [5.74, 6) is -0.220. The Balaban J connectivity index is 1.78. The van der Waals surface area contributed by atoms with E-state index in [4.69, 9.17) is 0 Å². The molecule has 0 aliphatic rings. The van der Waals surface area contributed by atoms with Gasteiger partial charge < -0.3 is 14.4 Å². The fraction of sp³-hybridized carbons (Fsp3) is 0.286. The molecule has 1 atom stereocenters. The maximum atomic E-state index is 13.5. The van der Waals surface area contributed by atoms with Crippen LogP contribution in [-0.4, -0.2) is 38.8 Å². The topological polar surface area (TPSA) is 45.6 Å². The molecule has 2 amide bonds. The molecule has 0 fully saturated rings. The summed E-state index contributed by atoms with van der Waals surface area (Å²) in [5, 5.41) is 0. The third-order valence-electron chi connectivity index (χ3n) is 5.90. The number of carbonyl (C=O) groups excluding carboxylic acids is 2. The lowest BCUT2D eigenvalue weighted by atomic mass is 10.1. The molecule has 2 aromatic carbocycles. The van der Waals surface area contributed by atoms with Crippen LogP contribution in [0.4, 0.5) is 0 Å². The smallest absolute Gasteiger partial charge is 0.247 e. The Morgan fingerprint density at radius 3 is 2.21 bits per heavy atom. The number of benzene rings is 2. The van der Waals surface area contributed by atoms with E-state index in [2.05, 4.69) is 0 Å². The van der Waals surface area contributed by atoms with Crippen molar-refractivity contribution < 1.29 is 9.59 Å². The highest BCUT2D eigenvalue weighted by atomic mass is 16.2. The van der Waals surface area contributed by atoms with Crippen molar-refractivity contribution in [3.63, 3.8) is 0 Å². The maximum absolute atomic E-state index is 13.5. The van der Waals surface area contributed by atoms with Gasteiger partial charge in [-0.25, -0.2) is 0 Å². The van der Waals surface area contributed by atoms with Gasteiger partial charge >= 0.3 is 0 Å². The minimum absolute atomic E-state index is 0.0458. The van der Waals surface area contributed by atoms with Crippen LogP contribution in [0.2, 0.25) is 0 Å². The average molecular weight is 444 g/mol. The van der Waals surface area contributed by atoms with Gasteiger partial charge in [-0.15, -0.1) is 0 Å². The molecular weight excluding hydrogens is 410 g/mol. The van der Waals surface area contributed by atoms with Crippen LogP contribution in [0.3, 0.4) is 0 Å². The van der Waals surface area contributed by atoms with Gasteiger partial charge in [-0.05, 0) is 42.7 Å². The third-order valence-corrected chi connectivity index (χ3v) is 5.90. The lowest BCUT2D eigenvalue weighted by Gasteiger charge is -2.31. The zero-order chi connectivity index (χ0) is 23.6. The summed E-state index contributed by atoms with van der Waals surface area (Å²) < 4.78 is 2.02. The van der Waals surface area contributed by atoms with Gasteiger partial charge in [0.25, 0.3) is 0 Å². The first-order chi connectivity index (χ1) is 16.0. The summed E-state index contributed by atoms with van der Waals surface area (Å²) in [6, 6.07) is 23.6. The van der Waals surface area contributed by atoms with E-state index in [1.807, 2.05) is 109 Å². The Morgan fingerprint density at radius 1 is 0.939 bits per heavy atom. The Labute approximate surface area is 196 Å². The van der Waals surface area contributed by atoms with E-state index in [0.29, 0.717) is 13.1 Å². The van der Waals surface area contributed by atoms with Gasteiger partial charge in [-0.2, -0.15) is 0 Å². The fourth-order valence-corrected chi connectivity index (χ4v) is 3.64. The van der Waals surface area contributed by atoms with Gasteiger partial charge in [0.1, 0.15) is 6.54 Å². The van der Waals surface area contributed by atoms with Crippen molar-refractivity contribution in [2.75, 3.05) is 6.54 Å². The molecule has 3 aromatic rings. The van der Waals surface area contributed by atoms with Gasteiger partial charge in [-0.3, -0.25) is 9.59 Å². The summed E-state index contributed by atoms with van der Waals surface area (Å²) in [5.41, 5.74) is 3.06. The molecule has 0 bridgehead atoms. The van der Waals surface area contributed by atoms with E-state index >= 15 is 0 Å². The first-order valence-electron chi connectivity index (χ1n) is 11.4. The Bertz CT molecular complexity index is 1060. The van der Waals surface area contributed by atoms with Gasteiger partial charge in [0.15, 0.2) is 0 Å². The molecule has 1 aromatic heterocycles. The van der Waals surface area contributed by atoms with E-state index in [-0.39, 0.29) is 24.4 Å². The van der Waals surface area contributed by atoms with Crippen LogP contribution in [0, 0.1) is 0 Å². The number of nitrogens with zero attached hydrogens (tertiary/aromatic N) is 3. The Morgan fingerprint density at radius 2 is 1.61 bits per heavy atom. The quantitative estimate of drug-likeness (QED) is 0.419. The molecule has 0 spiro atoms. The van der Waals surface area contributed by atoms with Crippen molar-refractivity contribution in [2.45, 2.75) is 39.4 Å². The molecule has 0 saturated carbocycles. The van der Waals surface area contributed by atoms with Crippen molar-refractivity contribution in [1.29, 1.82) is 0 Å². The predicted molar refractivity (Wildman–Crippen MR) is 133 cm³/mol. The summed E-state index contributed by atoms with van der Waals surface area (Å²) in [6.45, 7) is 5.04. The number of rotatable bonds is 10. The molecule has 0 aliphatic heterocycles. The summed E-state index contributed by atoms with van der Waals surface area (Å²) >= 11 is 0. The molecule has 3 rings (SSSR count). The molecule has 1 heterocycles. The number of hydrogen-bond acceptors (Lipinski definition) is 2. The molecule has 0 aliphatic carbocycles. The van der Waals surface area contributed by atoms with Crippen molar-refractivity contribution in [2.24, 2.45) is 7.05 Å². The van der Waals surface area contributed by atoms with Crippen LogP contribution in [0.15, 0.2) is 85.1 Å². The molecule has 5 nitrogen and oxygen atoms in total. The van der Waals surface area contributed by atoms with Crippen LogP contribution in [-0.2, 0) is 29.7 Å². The van der Waals surface area contributed by atoms with Crippen LogP contribution < -0.4 is 0 Å². The second-order valence-corrected chi connectivity index (χ2v) is 8.31. The summed E-state index contributed by atoms with van der Waals surface area (Å²) in [6.07, 6.45) is 6.11. The molecule has 172 valence electrons. The van der Waals surface area contributed by atoms with E-state index in [1.54, 1.807) is 17.1 Å². The van der Waals surface area contributed by atoms with Crippen molar-refractivity contribution >= 4 is 17.9 Å². The molecular formula is C28H33N3O2. The van der Waals surface area contributed by atoms with Gasteiger partial charge in [0.2, 0.25) is 11.8 Å². The van der Waals surface area contributed by atoms with E-state index in [1.165, 1.54) is 0 Å². The molecule has 33 heavy (non-hydrogen) atoms. The SMILES string of the molecule is CCC(C)N(CC(=O)N(Cc1ccccc1)Cc1cccn1C)C(=O)/C=C/c1ccccc1. The van der Waals surface area contributed by atoms with Crippen molar-refractivity contribution in [1.82, 2.24) is 14.4 Å². The second-order valence-electron chi connectivity index (χ2n) is 8.31. The van der Waals surface area contributed by atoms with Crippen LogP contribution in [0.25, 0.3) is 6.08 Å². The number of aryl methyl sites for hydroxylation is 1. The summed E-state index contributed by atoms with van der Waals surface area (Å²) in [4.78, 5) is 30.1. The summed E-state index contributed by atoms with van der Waals surface area (Å²) in [7, 11) is 1.98. The van der Waals surface area contributed by atoms with E-state index in [9.17, 15) is 9.59 Å². The highest BCUT2D eigenvalue weighted by Crippen LogP contribution is 2.14.